The summed E-state index contributed by atoms with van der Waals surface area (Å²) in [6.45, 7) is 3.43. The van der Waals surface area contributed by atoms with Crippen molar-refractivity contribution in [2.75, 3.05) is 11.4 Å². The summed E-state index contributed by atoms with van der Waals surface area (Å²) >= 11 is 0. The molecule has 0 atom stereocenters. The molecule has 0 unspecified atom stereocenters. The number of hydrogen-bond donors (Lipinski definition) is 0. The van der Waals surface area contributed by atoms with Crippen LogP contribution in [0.15, 0.2) is 48.5 Å². The van der Waals surface area contributed by atoms with Crippen molar-refractivity contribution in [3.63, 3.8) is 0 Å². The predicted octanol–water partition coefficient (Wildman–Crippen LogP) is 7.06. The Balaban J connectivity index is 1.60. The van der Waals surface area contributed by atoms with Gasteiger partial charge in [-0.05, 0) is 42.5 Å². The van der Waals surface area contributed by atoms with Crippen LogP contribution in [0.5, 0.6) is 0 Å². The van der Waals surface area contributed by atoms with Gasteiger partial charge in [-0.2, -0.15) is 0 Å². The van der Waals surface area contributed by atoms with Gasteiger partial charge in [0.2, 0.25) is 0 Å². The first-order valence-electron chi connectivity index (χ1n) is 10.3. The highest BCUT2D eigenvalue weighted by Crippen LogP contribution is 2.36. The molecule has 0 saturated heterocycles. The standard InChI is InChI=1S/C24H33N/c1-2-3-4-5-6-7-8-13-20-25-23-16-11-9-14-21(23)18-19-22-15-10-12-17-24(22)25/h9-12,14-17H,2-8,13,18-20H2,1H3. The summed E-state index contributed by atoms with van der Waals surface area (Å²) in [4.78, 5) is 2.58. The first-order valence-corrected chi connectivity index (χ1v) is 10.3. The Morgan fingerprint density at radius 2 is 1.12 bits per heavy atom. The summed E-state index contributed by atoms with van der Waals surface area (Å²) in [6, 6.07) is 18.0. The van der Waals surface area contributed by atoms with Crippen LogP contribution in [0.4, 0.5) is 11.4 Å². The van der Waals surface area contributed by atoms with Crippen LogP contribution in [0.3, 0.4) is 0 Å². The third-order valence-electron chi connectivity index (χ3n) is 5.46. The summed E-state index contributed by atoms with van der Waals surface area (Å²) in [6.07, 6.45) is 13.3. The summed E-state index contributed by atoms with van der Waals surface area (Å²) in [5.74, 6) is 0. The molecule has 2 aromatic carbocycles. The van der Waals surface area contributed by atoms with Crippen molar-refractivity contribution in [3.8, 4) is 0 Å². The third kappa shape index (κ3) is 4.87. The van der Waals surface area contributed by atoms with Crippen molar-refractivity contribution in [1.29, 1.82) is 0 Å². The van der Waals surface area contributed by atoms with Crippen LogP contribution in [0.25, 0.3) is 0 Å². The second-order valence-corrected chi connectivity index (χ2v) is 7.38. The molecule has 0 aliphatic carbocycles. The first-order chi connectivity index (χ1) is 12.4. The summed E-state index contributed by atoms with van der Waals surface area (Å²) in [5.41, 5.74) is 5.85. The Morgan fingerprint density at radius 3 is 1.68 bits per heavy atom. The van der Waals surface area contributed by atoms with E-state index < -0.39 is 0 Å². The van der Waals surface area contributed by atoms with Gasteiger partial charge in [0.05, 0.1) is 0 Å². The van der Waals surface area contributed by atoms with E-state index in [2.05, 4.69) is 60.4 Å². The van der Waals surface area contributed by atoms with E-state index >= 15 is 0 Å². The lowest BCUT2D eigenvalue weighted by molar-refractivity contribution is 0.577. The second kappa shape index (κ2) is 9.65. The highest BCUT2D eigenvalue weighted by Gasteiger charge is 2.19. The van der Waals surface area contributed by atoms with Gasteiger partial charge in [0.15, 0.2) is 0 Å². The number of unbranched alkanes of at least 4 members (excludes halogenated alkanes) is 7. The lowest BCUT2D eigenvalue weighted by atomic mass is 10.0. The van der Waals surface area contributed by atoms with Crippen LogP contribution in [-0.2, 0) is 12.8 Å². The van der Waals surface area contributed by atoms with Gasteiger partial charge in [0.1, 0.15) is 0 Å². The molecule has 0 spiro atoms. The molecule has 25 heavy (non-hydrogen) atoms. The molecule has 0 bridgehead atoms. The van der Waals surface area contributed by atoms with Gasteiger partial charge in [0.25, 0.3) is 0 Å². The van der Waals surface area contributed by atoms with E-state index in [4.69, 9.17) is 0 Å². The highest BCUT2D eigenvalue weighted by atomic mass is 15.1. The maximum atomic E-state index is 2.58. The lowest BCUT2D eigenvalue weighted by Gasteiger charge is -2.27. The van der Waals surface area contributed by atoms with Crippen molar-refractivity contribution >= 4 is 11.4 Å². The highest BCUT2D eigenvalue weighted by molar-refractivity contribution is 5.71. The van der Waals surface area contributed by atoms with E-state index in [1.54, 1.807) is 0 Å². The van der Waals surface area contributed by atoms with Crippen molar-refractivity contribution in [3.05, 3.63) is 59.7 Å². The van der Waals surface area contributed by atoms with Crippen molar-refractivity contribution in [2.24, 2.45) is 0 Å². The molecule has 3 rings (SSSR count). The first kappa shape index (κ1) is 18.0. The molecule has 1 nitrogen and oxygen atoms in total. The maximum Gasteiger partial charge on any atom is 0.0443 e. The molecule has 2 aromatic rings. The zero-order valence-corrected chi connectivity index (χ0v) is 15.8. The molecular formula is C24H33N. The SMILES string of the molecule is CCCCCCCCCCN1c2ccccc2CCc2ccccc21. The molecule has 0 N–H and O–H groups in total. The topological polar surface area (TPSA) is 3.24 Å². The molecule has 0 amide bonds. The number of fused-ring (bicyclic) bond motifs is 2. The Kier molecular flexibility index (Phi) is 6.97. The van der Waals surface area contributed by atoms with Crippen molar-refractivity contribution < 1.29 is 0 Å². The fourth-order valence-corrected chi connectivity index (χ4v) is 4.01. The van der Waals surface area contributed by atoms with Gasteiger partial charge in [-0.15, -0.1) is 0 Å². The number of para-hydroxylation sites is 2. The second-order valence-electron chi connectivity index (χ2n) is 7.38. The van der Waals surface area contributed by atoms with Crippen LogP contribution in [0.2, 0.25) is 0 Å². The summed E-state index contributed by atoms with van der Waals surface area (Å²) in [7, 11) is 0. The Labute approximate surface area is 154 Å². The van der Waals surface area contributed by atoms with Crippen LogP contribution in [0.1, 0.15) is 69.4 Å². The van der Waals surface area contributed by atoms with Crippen molar-refractivity contribution in [2.45, 2.75) is 71.1 Å². The normalized spacial score (nSPS) is 13.2. The average molecular weight is 336 g/mol. The predicted molar refractivity (Wildman–Crippen MR) is 110 cm³/mol. The van der Waals surface area contributed by atoms with E-state index in [1.165, 1.54) is 73.9 Å². The van der Waals surface area contributed by atoms with E-state index in [0.29, 0.717) is 0 Å². The largest absolute Gasteiger partial charge is 0.341 e. The molecular weight excluding hydrogens is 302 g/mol. The fraction of sp³-hybridized carbons (Fsp3) is 0.500. The monoisotopic (exact) mass is 335 g/mol. The molecule has 0 saturated carbocycles. The van der Waals surface area contributed by atoms with Crippen molar-refractivity contribution in [1.82, 2.24) is 0 Å². The fourth-order valence-electron chi connectivity index (χ4n) is 4.01. The lowest BCUT2D eigenvalue weighted by Crippen LogP contribution is -2.19. The smallest absolute Gasteiger partial charge is 0.0443 e. The van der Waals surface area contributed by atoms with Gasteiger partial charge in [-0.25, -0.2) is 0 Å². The number of nitrogens with zero attached hydrogens (tertiary/aromatic N) is 1. The number of hydrogen-bond acceptors (Lipinski definition) is 1. The molecule has 0 aromatic heterocycles. The molecule has 1 aliphatic rings. The van der Waals surface area contributed by atoms with E-state index in [-0.39, 0.29) is 0 Å². The number of benzene rings is 2. The molecule has 1 aliphatic heterocycles. The third-order valence-corrected chi connectivity index (χ3v) is 5.46. The molecule has 134 valence electrons. The van der Waals surface area contributed by atoms with E-state index in [0.717, 1.165) is 19.4 Å². The quantitative estimate of drug-likeness (QED) is 0.443. The number of anilines is 2. The maximum absolute atomic E-state index is 2.58. The Morgan fingerprint density at radius 1 is 0.640 bits per heavy atom. The van der Waals surface area contributed by atoms with Gasteiger partial charge in [0, 0.05) is 17.9 Å². The Hall–Kier alpha value is -1.76. The van der Waals surface area contributed by atoms with Gasteiger partial charge in [-0.1, -0.05) is 88.3 Å². The van der Waals surface area contributed by atoms with E-state index in [1.807, 2.05) is 0 Å². The number of aryl methyl sites for hydroxylation is 2. The van der Waals surface area contributed by atoms with Gasteiger partial charge >= 0.3 is 0 Å². The van der Waals surface area contributed by atoms with Gasteiger partial charge < -0.3 is 4.90 Å². The molecule has 0 radical (unpaired) electrons. The van der Waals surface area contributed by atoms with Crippen LogP contribution in [0, 0.1) is 0 Å². The van der Waals surface area contributed by atoms with E-state index in [9.17, 15) is 0 Å². The van der Waals surface area contributed by atoms with Crippen LogP contribution >= 0.6 is 0 Å². The summed E-state index contributed by atoms with van der Waals surface area (Å²) in [5, 5.41) is 0. The molecule has 1 heteroatoms. The minimum atomic E-state index is 1.14. The molecule has 1 heterocycles. The number of rotatable bonds is 9. The Bertz CT molecular complexity index is 599. The molecule has 0 fully saturated rings. The van der Waals surface area contributed by atoms with Gasteiger partial charge in [-0.3, -0.25) is 0 Å². The average Bonchev–Trinajstić information content (AvgIpc) is 2.81. The minimum Gasteiger partial charge on any atom is -0.341 e. The zero-order chi connectivity index (χ0) is 17.3. The van der Waals surface area contributed by atoms with Crippen LogP contribution < -0.4 is 4.90 Å². The zero-order valence-electron chi connectivity index (χ0n) is 15.8. The van der Waals surface area contributed by atoms with Crippen LogP contribution in [-0.4, -0.2) is 6.54 Å². The minimum absolute atomic E-state index is 1.14. The summed E-state index contributed by atoms with van der Waals surface area (Å²) < 4.78 is 0.